The van der Waals surface area contributed by atoms with Crippen LogP contribution in [0.3, 0.4) is 0 Å². The summed E-state index contributed by atoms with van der Waals surface area (Å²) in [5.41, 5.74) is 6.53. The summed E-state index contributed by atoms with van der Waals surface area (Å²) >= 11 is 5.91. The summed E-state index contributed by atoms with van der Waals surface area (Å²) in [6, 6.07) is 2.83. The smallest absolute Gasteiger partial charge is 0.240 e. The molecule has 0 bridgehead atoms. The molecule has 0 radical (unpaired) electrons. The molecule has 0 atom stereocenters. The minimum atomic E-state index is -3.60. The lowest BCUT2D eigenvalue weighted by atomic mass is 10.2. The predicted octanol–water partition coefficient (Wildman–Crippen LogP) is 2.10. The molecule has 0 aliphatic carbocycles. The Balaban J connectivity index is 2.63. The van der Waals surface area contributed by atoms with Gasteiger partial charge >= 0.3 is 0 Å². The number of aryl methyl sites for hydroxylation is 1. The highest BCUT2D eigenvalue weighted by Crippen LogP contribution is 2.26. The molecule has 0 aliphatic heterocycles. The largest absolute Gasteiger partial charge is 0.397 e. The first-order valence-electron chi connectivity index (χ1n) is 6.12. The van der Waals surface area contributed by atoms with Crippen LogP contribution in [0.4, 0.5) is 5.69 Å². The molecule has 0 aliphatic rings. The summed E-state index contributed by atoms with van der Waals surface area (Å²) in [6.45, 7) is 6.29. The van der Waals surface area contributed by atoms with Crippen molar-refractivity contribution in [3.8, 4) is 0 Å². The lowest BCUT2D eigenvalue weighted by molar-refractivity contribution is 0.144. The molecule has 3 N–H and O–H groups in total. The second-order valence-corrected chi connectivity index (χ2v) is 6.38. The van der Waals surface area contributed by atoms with Crippen LogP contribution in [0.15, 0.2) is 29.7 Å². The topological polar surface area (TPSA) is 81.4 Å². The van der Waals surface area contributed by atoms with Crippen molar-refractivity contribution >= 4 is 27.3 Å². The molecule has 0 aromatic heterocycles. The fourth-order valence-corrected chi connectivity index (χ4v) is 2.76. The Morgan fingerprint density at radius 3 is 2.75 bits per heavy atom. The first-order valence-corrected chi connectivity index (χ1v) is 7.98. The normalized spacial score (nSPS) is 11.5. The van der Waals surface area contributed by atoms with Crippen molar-refractivity contribution in [1.82, 2.24) is 4.72 Å². The summed E-state index contributed by atoms with van der Waals surface area (Å²) in [4.78, 5) is 0.1000. The zero-order chi connectivity index (χ0) is 15.2. The molecule has 112 valence electrons. The van der Waals surface area contributed by atoms with Gasteiger partial charge in [-0.2, -0.15) is 0 Å². The van der Waals surface area contributed by atoms with E-state index < -0.39 is 10.0 Å². The highest BCUT2D eigenvalue weighted by Gasteiger charge is 2.16. The third-order valence-electron chi connectivity index (χ3n) is 2.57. The Morgan fingerprint density at radius 1 is 1.45 bits per heavy atom. The van der Waals surface area contributed by atoms with Crippen LogP contribution in [0.1, 0.15) is 12.0 Å². The SMILES string of the molecule is C=CCCOCCNS(=O)(=O)c1cc(C)c(Cl)c(N)c1. The monoisotopic (exact) mass is 318 g/mol. The molecule has 0 saturated heterocycles. The molecule has 0 amide bonds. The molecule has 0 heterocycles. The Morgan fingerprint density at radius 2 is 2.15 bits per heavy atom. The van der Waals surface area contributed by atoms with Gasteiger partial charge in [-0.1, -0.05) is 17.7 Å². The van der Waals surface area contributed by atoms with Crippen LogP contribution in [0.5, 0.6) is 0 Å². The van der Waals surface area contributed by atoms with E-state index >= 15 is 0 Å². The number of sulfonamides is 1. The number of hydrogen-bond donors (Lipinski definition) is 2. The minimum absolute atomic E-state index is 0.1000. The number of hydrogen-bond acceptors (Lipinski definition) is 4. The molecule has 0 unspecified atom stereocenters. The van der Waals surface area contributed by atoms with Crippen molar-refractivity contribution in [3.05, 3.63) is 35.4 Å². The summed E-state index contributed by atoms with van der Waals surface area (Å²) in [7, 11) is -3.60. The zero-order valence-electron chi connectivity index (χ0n) is 11.4. The van der Waals surface area contributed by atoms with Crippen molar-refractivity contribution < 1.29 is 13.2 Å². The summed E-state index contributed by atoms with van der Waals surface area (Å²) in [5, 5.41) is 0.372. The average molecular weight is 319 g/mol. The maximum Gasteiger partial charge on any atom is 0.240 e. The first kappa shape index (κ1) is 17.0. The van der Waals surface area contributed by atoms with Gasteiger partial charge in [0.2, 0.25) is 10.0 Å². The van der Waals surface area contributed by atoms with Crippen molar-refractivity contribution in [2.45, 2.75) is 18.2 Å². The van der Waals surface area contributed by atoms with E-state index in [-0.39, 0.29) is 17.1 Å². The quantitative estimate of drug-likeness (QED) is 0.437. The molecule has 7 heteroatoms. The molecule has 1 aromatic rings. The van der Waals surface area contributed by atoms with Crippen LogP contribution in [-0.2, 0) is 14.8 Å². The number of rotatable bonds is 8. The molecule has 0 saturated carbocycles. The molecule has 0 fully saturated rings. The fourth-order valence-electron chi connectivity index (χ4n) is 1.52. The van der Waals surface area contributed by atoms with Gasteiger partial charge in [-0.3, -0.25) is 0 Å². The zero-order valence-corrected chi connectivity index (χ0v) is 12.9. The lowest BCUT2D eigenvalue weighted by Gasteiger charge is -2.10. The van der Waals surface area contributed by atoms with Gasteiger partial charge in [0, 0.05) is 6.54 Å². The van der Waals surface area contributed by atoms with Gasteiger partial charge < -0.3 is 10.5 Å². The maximum absolute atomic E-state index is 12.1. The molecule has 20 heavy (non-hydrogen) atoms. The standard InChI is InChI=1S/C13H19ClN2O3S/c1-3-4-6-19-7-5-16-20(17,18)11-8-10(2)13(14)12(15)9-11/h3,8-9,16H,1,4-7,15H2,2H3. The minimum Gasteiger partial charge on any atom is -0.397 e. The lowest BCUT2D eigenvalue weighted by Crippen LogP contribution is -2.27. The van der Waals surface area contributed by atoms with E-state index in [1.54, 1.807) is 13.0 Å². The number of nitrogens with one attached hydrogen (secondary N) is 1. The van der Waals surface area contributed by atoms with Crippen molar-refractivity contribution in [1.29, 1.82) is 0 Å². The third-order valence-corrected chi connectivity index (χ3v) is 4.53. The van der Waals surface area contributed by atoms with E-state index in [9.17, 15) is 8.42 Å². The second-order valence-electron chi connectivity index (χ2n) is 4.23. The van der Waals surface area contributed by atoms with Gasteiger partial charge in [0.25, 0.3) is 0 Å². The summed E-state index contributed by atoms with van der Waals surface area (Å²) in [6.07, 6.45) is 2.48. The number of nitrogen functional groups attached to an aromatic ring is 1. The molecular weight excluding hydrogens is 300 g/mol. The van der Waals surface area contributed by atoms with E-state index in [0.717, 1.165) is 6.42 Å². The Hall–Kier alpha value is -1.08. The van der Waals surface area contributed by atoms with Crippen LogP contribution in [0.2, 0.25) is 5.02 Å². The van der Waals surface area contributed by atoms with Crippen LogP contribution in [0.25, 0.3) is 0 Å². The van der Waals surface area contributed by atoms with Crippen LogP contribution in [0, 0.1) is 6.92 Å². The molecule has 1 aromatic carbocycles. The number of nitrogens with two attached hydrogens (primary N) is 1. The van der Waals surface area contributed by atoms with Gasteiger partial charge in [-0.25, -0.2) is 13.1 Å². The summed E-state index contributed by atoms with van der Waals surface area (Å²) in [5.74, 6) is 0. The van der Waals surface area contributed by atoms with E-state index in [1.807, 2.05) is 0 Å². The van der Waals surface area contributed by atoms with E-state index in [1.165, 1.54) is 12.1 Å². The molecule has 0 spiro atoms. The van der Waals surface area contributed by atoms with Crippen molar-refractivity contribution in [2.24, 2.45) is 0 Å². The Labute approximate surface area is 124 Å². The summed E-state index contributed by atoms with van der Waals surface area (Å²) < 4.78 is 31.8. The van der Waals surface area contributed by atoms with Gasteiger partial charge in [0.15, 0.2) is 0 Å². The van der Waals surface area contributed by atoms with Crippen molar-refractivity contribution in [2.75, 3.05) is 25.5 Å². The highest BCUT2D eigenvalue weighted by molar-refractivity contribution is 7.89. The highest BCUT2D eigenvalue weighted by atomic mass is 35.5. The maximum atomic E-state index is 12.1. The predicted molar refractivity (Wildman–Crippen MR) is 81.4 cm³/mol. The molecule has 1 rings (SSSR count). The van der Waals surface area contributed by atoms with E-state index in [4.69, 9.17) is 22.1 Å². The van der Waals surface area contributed by atoms with Gasteiger partial charge in [-0.05, 0) is 31.0 Å². The molecule has 5 nitrogen and oxygen atoms in total. The van der Waals surface area contributed by atoms with Gasteiger partial charge in [0.05, 0.1) is 28.8 Å². The Bertz CT molecular complexity index is 550. The van der Waals surface area contributed by atoms with Gasteiger partial charge in [0.1, 0.15) is 0 Å². The average Bonchev–Trinajstić information content (AvgIpc) is 2.39. The van der Waals surface area contributed by atoms with Crippen LogP contribution >= 0.6 is 11.6 Å². The van der Waals surface area contributed by atoms with E-state index in [0.29, 0.717) is 23.8 Å². The number of ether oxygens (including phenoxy) is 1. The Kier molecular flexibility index (Phi) is 6.48. The third kappa shape index (κ3) is 4.79. The van der Waals surface area contributed by atoms with Crippen LogP contribution in [-0.4, -0.2) is 28.2 Å². The number of benzene rings is 1. The molecular formula is C13H19ClN2O3S. The first-order chi connectivity index (χ1) is 9.38. The fraction of sp³-hybridized carbons (Fsp3) is 0.385. The van der Waals surface area contributed by atoms with Crippen LogP contribution < -0.4 is 10.5 Å². The van der Waals surface area contributed by atoms with E-state index in [2.05, 4.69) is 11.3 Å². The van der Waals surface area contributed by atoms with Crippen molar-refractivity contribution in [3.63, 3.8) is 0 Å². The van der Waals surface area contributed by atoms with Gasteiger partial charge in [-0.15, -0.1) is 6.58 Å². The number of halogens is 1. The second kappa shape index (κ2) is 7.64. The number of anilines is 1.